The average molecular weight is 385 g/mol. The largest absolute Gasteiger partial charge is 0.493 e. The number of benzene rings is 2. The Balaban J connectivity index is 1.87. The van der Waals surface area contributed by atoms with Gasteiger partial charge in [0.05, 0.1) is 34.0 Å². The molecule has 0 aliphatic carbocycles. The highest BCUT2D eigenvalue weighted by molar-refractivity contribution is 5.95. The quantitative estimate of drug-likeness (QED) is 0.719. The minimum atomic E-state index is -0.0152. The second-order valence-corrected chi connectivity index (χ2v) is 6.57. The molecule has 0 bridgehead atoms. The van der Waals surface area contributed by atoms with E-state index in [1.807, 2.05) is 30.0 Å². The van der Waals surface area contributed by atoms with E-state index < -0.39 is 0 Å². The Morgan fingerprint density at radius 1 is 0.964 bits per heavy atom. The third kappa shape index (κ3) is 3.86. The topological polar surface area (TPSA) is 57.2 Å². The van der Waals surface area contributed by atoms with Crippen molar-refractivity contribution in [3.8, 4) is 23.0 Å². The Hall–Kier alpha value is -2.89. The summed E-state index contributed by atoms with van der Waals surface area (Å²) in [6.45, 7) is 3.17. The van der Waals surface area contributed by atoms with Crippen molar-refractivity contribution >= 4 is 5.91 Å². The highest BCUT2D eigenvalue weighted by atomic mass is 16.5. The van der Waals surface area contributed by atoms with E-state index in [2.05, 4.69) is 0 Å². The number of carbonyl (C=O) groups is 1. The van der Waals surface area contributed by atoms with Gasteiger partial charge < -0.3 is 23.8 Å². The predicted molar refractivity (Wildman–Crippen MR) is 107 cm³/mol. The summed E-state index contributed by atoms with van der Waals surface area (Å²) in [6.07, 6.45) is 1.87. The smallest absolute Gasteiger partial charge is 0.254 e. The molecule has 0 saturated carbocycles. The van der Waals surface area contributed by atoms with Crippen molar-refractivity contribution < 1.29 is 23.7 Å². The number of likely N-dealkylation sites (tertiary alicyclic amines) is 1. The Bertz CT molecular complexity index is 836. The molecule has 0 spiro atoms. The molecule has 28 heavy (non-hydrogen) atoms. The number of nitrogens with zero attached hydrogens (tertiary/aromatic N) is 1. The molecule has 0 aromatic heterocycles. The van der Waals surface area contributed by atoms with Gasteiger partial charge in [0, 0.05) is 12.1 Å². The van der Waals surface area contributed by atoms with Gasteiger partial charge in [-0.1, -0.05) is 6.07 Å². The lowest BCUT2D eigenvalue weighted by molar-refractivity contribution is 0.0735. The van der Waals surface area contributed by atoms with Gasteiger partial charge in [-0.05, 0) is 55.7 Å². The molecule has 1 atom stereocenters. The summed E-state index contributed by atoms with van der Waals surface area (Å²) in [6, 6.07) is 11.2. The second-order valence-electron chi connectivity index (χ2n) is 6.57. The van der Waals surface area contributed by atoms with Gasteiger partial charge in [0.1, 0.15) is 0 Å². The molecule has 1 saturated heterocycles. The van der Waals surface area contributed by atoms with E-state index in [9.17, 15) is 4.79 Å². The van der Waals surface area contributed by atoms with Crippen LogP contribution in [-0.2, 0) is 0 Å². The lowest BCUT2D eigenvalue weighted by atomic mass is 10.0. The van der Waals surface area contributed by atoms with E-state index in [1.165, 1.54) is 0 Å². The summed E-state index contributed by atoms with van der Waals surface area (Å²) < 4.78 is 21.7. The number of hydrogen-bond acceptors (Lipinski definition) is 5. The molecule has 3 rings (SSSR count). The molecule has 150 valence electrons. The van der Waals surface area contributed by atoms with Crippen LogP contribution in [-0.4, -0.2) is 45.3 Å². The van der Waals surface area contributed by atoms with Crippen molar-refractivity contribution in [2.75, 3.05) is 34.5 Å². The van der Waals surface area contributed by atoms with Crippen LogP contribution in [0, 0.1) is 0 Å². The van der Waals surface area contributed by atoms with Crippen molar-refractivity contribution in [3.05, 3.63) is 47.5 Å². The molecule has 6 heteroatoms. The molecule has 1 aliphatic rings. The number of carbonyl (C=O) groups excluding carboxylic acids is 1. The Kier molecular flexibility index (Phi) is 6.29. The maximum absolute atomic E-state index is 13.2. The summed E-state index contributed by atoms with van der Waals surface area (Å²) in [7, 11) is 4.81. The number of rotatable bonds is 7. The van der Waals surface area contributed by atoms with E-state index >= 15 is 0 Å². The minimum Gasteiger partial charge on any atom is -0.493 e. The maximum atomic E-state index is 13.2. The van der Waals surface area contributed by atoms with Crippen LogP contribution in [0.2, 0.25) is 0 Å². The SMILES string of the molecule is CCOc1ccc(C(=O)N2CCC[C@H]2c2ccc(OC)c(OC)c2)cc1OC. The summed E-state index contributed by atoms with van der Waals surface area (Å²) in [5.41, 5.74) is 1.63. The van der Waals surface area contributed by atoms with Crippen LogP contribution < -0.4 is 18.9 Å². The van der Waals surface area contributed by atoms with Crippen molar-refractivity contribution in [1.29, 1.82) is 0 Å². The zero-order chi connectivity index (χ0) is 20.1. The molecule has 1 aliphatic heterocycles. The Morgan fingerprint density at radius 2 is 1.64 bits per heavy atom. The standard InChI is InChI=1S/C22H27NO5/c1-5-28-19-11-9-16(14-21(19)27-4)22(24)23-12-6-7-17(23)15-8-10-18(25-2)20(13-15)26-3/h8-11,13-14,17H,5-7,12H2,1-4H3/t17-/m0/s1. The van der Waals surface area contributed by atoms with Crippen molar-refractivity contribution in [1.82, 2.24) is 4.90 Å². The lowest BCUT2D eigenvalue weighted by Gasteiger charge is -2.26. The van der Waals surface area contributed by atoms with Gasteiger partial charge in [0.2, 0.25) is 0 Å². The fraction of sp³-hybridized carbons (Fsp3) is 0.409. The highest BCUT2D eigenvalue weighted by Crippen LogP contribution is 2.38. The normalized spacial score (nSPS) is 16.0. The van der Waals surface area contributed by atoms with Crippen molar-refractivity contribution in [3.63, 3.8) is 0 Å². The second kappa shape index (κ2) is 8.87. The average Bonchev–Trinajstić information content (AvgIpc) is 3.23. The monoisotopic (exact) mass is 385 g/mol. The predicted octanol–water partition coefficient (Wildman–Crippen LogP) is 4.09. The maximum Gasteiger partial charge on any atom is 0.254 e. The first-order chi connectivity index (χ1) is 13.6. The van der Waals surface area contributed by atoms with Gasteiger partial charge in [-0.25, -0.2) is 0 Å². The van der Waals surface area contributed by atoms with Gasteiger partial charge in [-0.2, -0.15) is 0 Å². The lowest BCUT2D eigenvalue weighted by Crippen LogP contribution is -2.30. The van der Waals surface area contributed by atoms with Crippen LogP contribution in [0.15, 0.2) is 36.4 Å². The van der Waals surface area contributed by atoms with E-state index in [1.54, 1.807) is 39.5 Å². The fourth-order valence-electron chi connectivity index (χ4n) is 3.66. The molecule has 0 unspecified atom stereocenters. The van der Waals surface area contributed by atoms with E-state index in [4.69, 9.17) is 18.9 Å². The Labute approximate surface area is 166 Å². The molecular formula is C22H27NO5. The molecule has 0 N–H and O–H groups in total. The third-order valence-corrected chi connectivity index (χ3v) is 5.02. The molecule has 2 aromatic rings. The van der Waals surface area contributed by atoms with E-state index in [0.717, 1.165) is 18.4 Å². The van der Waals surface area contributed by atoms with Crippen LogP contribution in [0.5, 0.6) is 23.0 Å². The molecule has 1 heterocycles. The van der Waals surface area contributed by atoms with Crippen LogP contribution in [0.25, 0.3) is 0 Å². The van der Waals surface area contributed by atoms with Gasteiger partial charge in [-0.3, -0.25) is 4.79 Å². The molecular weight excluding hydrogens is 358 g/mol. The number of methoxy groups -OCH3 is 3. The fourth-order valence-corrected chi connectivity index (χ4v) is 3.66. The van der Waals surface area contributed by atoms with Gasteiger partial charge in [-0.15, -0.1) is 0 Å². The van der Waals surface area contributed by atoms with E-state index in [0.29, 0.717) is 41.7 Å². The van der Waals surface area contributed by atoms with Crippen LogP contribution in [0.4, 0.5) is 0 Å². The summed E-state index contributed by atoms with van der Waals surface area (Å²) in [5.74, 6) is 2.54. The van der Waals surface area contributed by atoms with E-state index in [-0.39, 0.29) is 11.9 Å². The number of ether oxygens (including phenoxy) is 4. The summed E-state index contributed by atoms with van der Waals surface area (Å²) in [5, 5.41) is 0. The molecule has 1 fully saturated rings. The first-order valence-corrected chi connectivity index (χ1v) is 9.46. The number of amides is 1. The third-order valence-electron chi connectivity index (χ3n) is 5.02. The van der Waals surface area contributed by atoms with Gasteiger partial charge >= 0.3 is 0 Å². The summed E-state index contributed by atoms with van der Waals surface area (Å²) in [4.78, 5) is 15.1. The van der Waals surface area contributed by atoms with Crippen LogP contribution >= 0.6 is 0 Å². The van der Waals surface area contributed by atoms with Crippen LogP contribution in [0.3, 0.4) is 0 Å². The molecule has 1 amide bonds. The molecule has 6 nitrogen and oxygen atoms in total. The van der Waals surface area contributed by atoms with Gasteiger partial charge in [0.15, 0.2) is 23.0 Å². The highest BCUT2D eigenvalue weighted by Gasteiger charge is 2.31. The Morgan fingerprint density at radius 3 is 2.32 bits per heavy atom. The molecule has 2 aromatic carbocycles. The first-order valence-electron chi connectivity index (χ1n) is 9.46. The van der Waals surface area contributed by atoms with Crippen molar-refractivity contribution in [2.24, 2.45) is 0 Å². The first kappa shape index (κ1) is 19.9. The van der Waals surface area contributed by atoms with Crippen molar-refractivity contribution in [2.45, 2.75) is 25.8 Å². The summed E-state index contributed by atoms with van der Waals surface area (Å²) >= 11 is 0. The zero-order valence-electron chi connectivity index (χ0n) is 16.9. The number of hydrogen-bond donors (Lipinski definition) is 0. The minimum absolute atomic E-state index is 0.00451. The zero-order valence-corrected chi connectivity index (χ0v) is 16.9. The molecule has 0 radical (unpaired) electrons. The van der Waals surface area contributed by atoms with Crippen LogP contribution in [0.1, 0.15) is 41.7 Å². The van der Waals surface area contributed by atoms with Gasteiger partial charge in [0.25, 0.3) is 5.91 Å².